The lowest BCUT2D eigenvalue weighted by molar-refractivity contribution is -0.165. The summed E-state index contributed by atoms with van der Waals surface area (Å²) in [5.41, 5.74) is 1.28. The third kappa shape index (κ3) is 9.50. The third-order valence-electron chi connectivity index (χ3n) is 5.37. The van der Waals surface area contributed by atoms with Crippen LogP contribution >= 0.6 is 0 Å². The molecule has 0 saturated carbocycles. The van der Waals surface area contributed by atoms with Crippen molar-refractivity contribution in [3.8, 4) is 5.75 Å². The molecule has 1 atom stereocenters. The van der Waals surface area contributed by atoms with E-state index < -0.39 is 30.5 Å². The van der Waals surface area contributed by atoms with Crippen LogP contribution < -0.4 is 10.1 Å². The van der Waals surface area contributed by atoms with E-state index in [1.165, 1.54) is 7.11 Å². The van der Waals surface area contributed by atoms with Crippen LogP contribution in [0.4, 0.5) is 13.2 Å². The number of nitrogens with zero attached hydrogens (tertiary/aromatic N) is 2. The molecule has 0 spiro atoms. The smallest absolute Gasteiger partial charge is 0.406 e. The van der Waals surface area contributed by atoms with Crippen molar-refractivity contribution >= 4 is 25.7 Å². The number of benzene rings is 1. The second-order valence-electron chi connectivity index (χ2n) is 8.04. The first kappa shape index (κ1) is 28.0. The van der Waals surface area contributed by atoms with Crippen molar-refractivity contribution in [1.82, 2.24) is 10.2 Å². The van der Waals surface area contributed by atoms with Crippen molar-refractivity contribution in [2.75, 3.05) is 26.8 Å². The molecule has 1 amide bonds. The Morgan fingerprint density at radius 1 is 1.31 bits per heavy atom. The van der Waals surface area contributed by atoms with E-state index in [1.807, 2.05) is 31.2 Å². The van der Waals surface area contributed by atoms with E-state index in [-0.39, 0.29) is 19.4 Å². The summed E-state index contributed by atoms with van der Waals surface area (Å²) >= 11 is 0. The number of methoxy groups -OCH3 is 1. The number of carbonyl (C=O) groups is 2. The summed E-state index contributed by atoms with van der Waals surface area (Å²) in [4.78, 5) is 29.4. The number of rotatable bonds is 10. The SMILES string of the molecule is B/N=C(/C=C\C=C/C)NCCCOc1ccc2c(c1)CN(CC(F)(F)F)C(=O)C(CC(=O)OC)C2. The molecule has 190 valence electrons. The van der Waals surface area contributed by atoms with Gasteiger partial charge in [-0.25, -0.2) is 0 Å². The van der Waals surface area contributed by atoms with Gasteiger partial charge in [0.25, 0.3) is 0 Å². The van der Waals surface area contributed by atoms with Gasteiger partial charge < -0.3 is 24.6 Å². The minimum absolute atomic E-state index is 0.154. The highest BCUT2D eigenvalue weighted by atomic mass is 19.4. The molecule has 1 aromatic carbocycles. The lowest BCUT2D eigenvalue weighted by Gasteiger charge is -2.25. The lowest BCUT2D eigenvalue weighted by atomic mass is 9.94. The van der Waals surface area contributed by atoms with Crippen molar-refractivity contribution < 1.29 is 32.2 Å². The molecule has 1 aliphatic rings. The standard InChI is InChI=1S/C24H31BF3N3O4/c1-3-4-5-7-21(30-25)29-10-6-11-35-20-9-8-17-12-18(14-22(32)34-2)23(33)31(15-19(17)13-20)16-24(26,27)28/h3-5,7-9,13,18H,6,10-12,14-16,25H2,1-2H3,(H,29,30)/b4-3-,7-5-. The molecular formula is C24H31BF3N3O4. The van der Waals surface area contributed by atoms with Crippen LogP contribution in [0.25, 0.3) is 0 Å². The van der Waals surface area contributed by atoms with E-state index in [0.717, 1.165) is 10.7 Å². The molecule has 1 heterocycles. The van der Waals surface area contributed by atoms with E-state index in [4.69, 9.17) is 4.74 Å². The van der Waals surface area contributed by atoms with Gasteiger partial charge in [-0.2, -0.15) is 13.2 Å². The maximum absolute atomic E-state index is 13.1. The van der Waals surface area contributed by atoms with E-state index in [9.17, 15) is 22.8 Å². The van der Waals surface area contributed by atoms with Gasteiger partial charge in [-0.05, 0) is 49.1 Å². The molecule has 0 aromatic heterocycles. The monoisotopic (exact) mass is 493 g/mol. The number of alkyl halides is 3. The molecule has 0 radical (unpaired) electrons. The van der Waals surface area contributed by atoms with E-state index in [1.54, 1.807) is 26.2 Å². The highest BCUT2D eigenvalue weighted by Gasteiger charge is 2.38. The highest BCUT2D eigenvalue weighted by Crippen LogP contribution is 2.30. The van der Waals surface area contributed by atoms with Crippen LogP contribution in [-0.2, 0) is 27.3 Å². The molecule has 0 saturated heterocycles. The molecule has 1 N–H and O–H groups in total. The van der Waals surface area contributed by atoms with Crippen LogP contribution in [0.3, 0.4) is 0 Å². The third-order valence-corrected chi connectivity index (χ3v) is 5.37. The zero-order valence-corrected chi connectivity index (χ0v) is 20.2. The Hall–Kier alpha value is -3.24. The van der Waals surface area contributed by atoms with E-state index in [2.05, 4.69) is 15.0 Å². The molecule has 35 heavy (non-hydrogen) atoms. The average Bonchev–Trinajstić information content (AvgIpc) is 2.93. The molecule has 0 fully saturated rings. The maximum atomic E-state index is 13.1. The Morgan fingerprint density at radius 3 is 2.74 bits per heavy atom. The highest BCUT2D eigenvalue weighted by molar-refractivity contribution is 6.14. The zero-order valence-electron chi connectivity index (χ0n) is 20.2. The van der Waals surface area contributed by atoms with Crippen molar-refractivity contribution in [3.63, 3.8) is 0 Å². The van der Waals surface area contributed by atoms with Gasteiger partial charge in [0.1, 0.15) is 18.1 Å². The first-order chi connectivity index (χ1) is 16.7. The Bertz CT molecular complexity index is 964. The maximum Gasteiger partial charge on any atom is 0.406 e. The Kier molecular flexibility index (Phi) is 10.9. The number of amidine groups is 1. The summed E-state index contributed by atoms with van der Waals surface area (Å²) in [6.45, 7) is 1.34. The Labute approximate surface area is 204 Å². The van der Waals surface area contributed by atoms with Crippen molar-refractivity contribution in [1.29, 1.82) is 0 Å². The summed E-state index contributed by atoms with van der Waals surface area (Å²) in [5.74, 6) is -1.02. The molecule has 0 aliphatic carbocycles. The van der Waals surface area contributed by atoms with Gasteiger partial charge in [-0.3, -0.25) is 9.59 Å². The number of esters is 1. The quantitative estimate of drug-likeness (QED) is 0.136. The summed E-state index contributed by atoms with van der Waals surface area (Å²) in [7, 11) is 2.87. The normalized spacial score (nSPS) is 16.9. The summed E-state index contributed by atoms with van der Waals surface area (Å²) in [6, 6.07) is 5.13. The van der Waals surface area contributed by atoms with Crippen molar-refractivity contribution in [2.24, 2.45) is 10.8 Å². The molecule has 7 nitrogen and oxygen atoms in total. The largest absolute Gasteiger partial charge is 0.494 e. The summed E-state index contributed by atoms with van der Waals surface area (Å²) in [6.07, 6.45) is 3.54. The lowest BCUT2D eigenvalue weighted by Crippen LogP contribution is -2.41. The second kappa shape index (κ2) is 13.6. The van der Waals surface area contributed by atoms with Gasteiger partial charge in [-0.1, -0.05) is 24.3 Å². The number of carbonyl (C=O) groups excluding carboxylic acids is 2. The minimum atomic E-state index is -4.56. The molecule has 1 aliphatic heterocycles. The van der Waals surface area contributed by atoms with E-state index >= 15 is 0 Å². The number of fused-ring (bicyclic) bond motifs is 1. The van der Waals surface area contributed by atoms with Crippen LogP contribution in [0.2, 0.25) is 0 Å². The molecule has 1 aromatic rings. The number of hydrogen-bond acceptors (Lipinski definition) is 5. The van der Waals surface area contributed by atoms with Crippen LogP contribution in [-0.4, -0.2) is 63.6 Å². The number of amides is 1. The van der Waals surface area contributed by atoms with E-state index in [0.29, 0.717) is 36.4 Å². The molecule has 2 rings (SSSR count). The summed E-state index contributed by atoms with van der Waals surface area (Å²) in [5, 5.41) is 3.19. The first-order valence-electron chi connectivity index (χ1n) is 11.3. The van der Waals surface area contributed by atoms with Gasteiger partial charge in [0.15, 0.2) is 0 Å². The van der Waals surface area contributed by atoms with Crippen LogP contribution in [0.15, 0.2) is 47.4 Å². The topological polar surface area (TPSA) is 80.2 Å². The van der Waals surface area contributed by atoms with Crippen LogP contribution in [0, 0.1) is 5.92 Å². The first-order valence-corrected chi connectivity index (χ1v) is 11.3. The van der Waals surface area contributed by atoms with Gasteiger partial charge >= 0.3 is 12.1 Å². The fourth-order valence-corrected chi connectivity index (χ4v) is 3.68. The van der Waals surface area contributed by atoms with Gasteiger partial charge in [-0.15, -0.1) is 0 Å². The molecule has 1 unspecified atom stereocenters. The van der Waals surface area contributed by atoms with Crippen LogP contribution in [0.1, 0.15) is 30.9 Å². The molecule has 11 heteroatoms. The number of ether oxygens (including phenoxy) is 2. The predicted octanol–water partition coefficient (Wildman–Crippen LogP) is 2.75. The number of nitrogens with one attached hydrogen (secondary N) is 1. The number of hydrogen-bond donors (Lipinski definition) is 1. The molecule has 0 bridgehead atoms. The fraction of sp³-hybridized carbons (Fsp3) is 0.458. The van der Waals surface area contributed by atoms with Gasteiger partial charge in [0.2, 0.25) is 13.9 Å². The van der Waals surface area contributed by atoms with Crippen molar-refractivity contribution in [3.05, 3.63) is 53.6 Å². The van der Waals surface area contributed by atoms with Gasteiger partial charge in [0.05, 0.1) is 26.1 Å². The Morgan fingerprint density at radius 2 is 2.09 bits per heavy atom. The molecular weight excluding hydrogens is 462 g/mol. The minimum Gasteiger partial charge on any atom is -0.494 e. The zero-order chi connectivity index (χ0) is 25.8. The Balaban J connectivity index is 2.04. The average molecular weight is 493 g/mol. The number of halogens is 3. The van der Waals surface area contributed by atoms with Crippen LogP contribution in [0.5, 0.6) is 5.75 Å². The van der Waals surface area contributed by atoms with Crippen molar-refractivity contribution in [2.45, 2.75) is 38.9 Å². The summed E-state index contributed by atoms with van der Waals surface area (Å²) < 4.78 is 49.8. The van der Waals surface area contributed by atoms with Gasteiger partial charge in [0, 0.05) is 13.1 Å². The fourth-order valence-electron chi connectivity index (χ4n) is 3.68. The second-order valence-corrected chi connectivity index (χ2v) is 8.04. The predicted molar refractivity (Wildman–Crippen MR) is 130 cm³/mol. The number of allylic oxidation sites excluding steroid dienone is 3.